The van der Waals surface area contributed by atoms with Gasteiger partial charge in [0.05, 0.1) is 11.6 Å². The Kier molecular flexibility index (Phi) is 3.56. The molecular weight excluding hydrogens is 262 g/mol. The lowest BCUT2D eigenvalue weighted by atomic mass is 9.67. The summed E-state index contributed by atoms with van der Waals surface area (Å²) in [6, 6.07) is 6.09. The number of aromatic nitrogens is 2. The van der Waals surface area contributed by atoms with Gasteiger partial charge in [-0.3, -0.25) is 0 Å². The number of benzene rings is 1. The lowest BCUT2D eigenvalue weighted by molar-refractivity contribution is 0.103. The summed E-state index contributed by atoms with van der Waals surface area (Å²) in [4.78, 5) is 4.56. The Morgan fingerprint density at radius 1 is 1.38 bits per heavy atom. The van der Waals surface area contributed by atoms with Crippen molar-refractivity contribution in [2.24, 2.45) is 5.41 Å². The molecule has 0 amide bonds. The van der Waals surface area contributed by atoms with Crippen LogP contribution in [0.15, 0.2) is 18.2 Å². The molecule has 4 nitrogen and oxygen atoms in total. The van der Waals surface area contributed by atoms with Crippen molar-refractivity contribution in [3.05, 3.63) is 18.2 Å². The van der Waals surface area contributed by atoms with Crippen molar-refractivity contribution in [1.82, 2.24) is 9.55 Å². The average molecular weight is 287 g/mol. The Hall–Kier alpha value is -1.71. The van der Waals surface area contributed by atoms with Gasteiger partial charge in [-0.25, -0.2) is 4.98 Å². The molecule has 21 heavy (non-hydrogen) atoms. The van der Waals surface area contributed by atoms with Gasteiger partial charge in [-0.05, 0) is 50.7 Å². The first-order chi connectivity index (χ1) is 10.0. The number of anilines is 1. The molecule has 1 aromatic carbocycles. The number of imidazole rings is 1. The van der Waals surface area contributed by atoms with E-state index < -0.39 is 0 Å². The molecule has 2 aromatic rings. The molecule has 1 fully saturated rings. The maximum atomic E-state index is 6.19. The van der Waals surface area contributed by atoms with E-state index in [0.717, 1.165) is 23.3 Å². The third kappa shape index (κ3) is 2.47. The first-order valence-electron chi connectivity index (χ1n) is 7.96. The van der Waals surface area contributed by atoms with Crippen LogP contribution in [-0.2, 0) is 6.54 Å². The zero-order chi connectivity index (χ0) is 15.0. The van der Waals surface area contributed by atoms with Crippen LogP contribution in [0.5, 0.6) is 5.75 Å². The van der Waals surface area contributed by atoms with E-state index in [1.807, 2.05) is 26.0 Å². The Morgan fingerprint density at radius 2 is 2.14 bits per heavy atom. The lowest BCUT2D eigenvalue weighted by Gasteiger charge is -2.41. The van der Waals surface area contributed by atoms with Crippen LogP contribution in [0.2, 0.25) is 0 Å². The molecule has 0 unspecified atom stereocenters. The van der Waals surface area contributed by atoms with Crippen LogP contribution in [0.3, 0.4) is 0 Å². The summed E-state index contributed by atoms with van der Waals surface area (Å²) in [6.45, 7) is 7.30. The number of para-hydroxylation sites is 1. The zero-order valence-corrected chi connectivity index (χ0v) is 13.2. The topological polar surface area (TPSA) is 53.1 Å². The SMILES string of the molecule is CCC1(Cn2c(N)nc3c(OC(C)C)cccc32)CCC1. The van der Waals surface area contributed by atoms with Crippen LogP contribution < -0.4 is 10.5 Å². The number of hydrogen-bond acceptors (Lipinski definition) is 3. The molecule has 1 aliphatic carbocycles. The Bertz CT molecular complexity index is 635. The summed E-state index contributed by atoms with van der Waals surface area (Å²) < 4.78 is 8.03. The summed E-state index contributed by atoms with van der Waals surface area (Å²) >= 11 is 0. The van der Waals surface area contributed by atoms with Gasteiger partial charge in [-0.2, -0.15) is 0 Å². The smallest absolute Gasteiger partial charge is 0.201 e. The lowest BCUT2D eigenvalue weighted by Crippen LogP contribution is -2.33. The molecule has 3 rings (SSSR count). The first kappa shape index (κ1) is 14.2. The highest BCUT2D eigenvalue weighted by atomic mass is 16.5. The fourth-order valence-electron chi connectivity index (χ4n) is 3.29. The second kappa shape index (κ2) is 5.24. The van der Waals surface area contributed by atoms with Crippen molar-refractivity contribution in [3.63, 3.8) is 0 Å². The zero-order valence-electron chi connectivity index (χ0n) is 13.2. The third-order valence-electron chi connectivity index (χ3n) is 4.79. The summed E-state index contributed by atoms with van der Waals surface area (Å²) in [6.07, 6.45) is 5.27. The Labute approximate surface area is 126 Å². The third-order valence-corrected chi connectivity index (χ3v) is 4.79. The Morgan fingerprint density at radius 3 is 2.71 bits per heavy atom. The van der Waals surface area contributed by atoms with Gasteiger partial charge in [0.15, 0.2) is 0 Å². The van der Waals surface area contributed by atoms with Crippen LogP contribution >= 0.6 is 0 Å². The van der Waals surface area contributed by atoms with E-state index in [9.17, 15) is 0 Å². The van der Waals surface area contributed by atoms with Crippen LogP contribution in [0.4, 0.5) is 5.95 Å². The largest absolute Gasteiger partial charge is 0.489 e. The van der Waals surface area contributed by atoms with Crippen LogP contribution in [0.25, 0.3) is 11.0 Å². The molecule has 0 bridgehead atoms. The number of nitrogen functional groups attached to an aromatic ring is 1. The van der Waals surface area contributed by atoms with Crippen LogP contribution in [0, 0.1) is 5.41 Å². The maximum absolute atomic E-state index is 6.19. The van der Waals surface area contributed by atoms with Gasteiger partial charge in [0.2, 0.25) is 5.95 Å². The van der Waals surface area contributed by atoms with Crippen molar-refractivity contribution >= 4 is 17.0 Å². The van der Waals surface area contributed by atoms with Crippen molar-refractivity contribution in [1.29, 1.82) is 0 Å². The minimum Gasteiger partial charge on any atom is -0.489 e. The summed E-state index contributed by atoms with van der Waals surface area (Å²) in [5.74, 6) is 1.43. The molecule has 0 aliphatic heterocycles. The molecule has 0 saturated heterocycles. The predicted molar refractivity (Wildman–Crippen MR) is 86.5 cm³/mol. The van der Waals surface area contributed by atoms with E-state index >= 15 is 0 Å². The normalized spacial score (nSPS) is 17.1. The van der Waals surface area contributed by atoms with Crippen molar-refractivity contribution in [3.8, 4) is 5.75 Å². The highest BCUT2D eigenvalue weighted by molar-refractivity contribution is 5.84. The van der Waals surface area contributed by atoms with Crippen molar-refractivity contribution in [2.75, 3.05) is 5.73 Å². The molecule has 0 radical (unpaired) electrons. The second-order valence-corrected chi connectivity index (χ2v) is 6.55. The molecule has 1 saturated carbocycles. The van der Waals surface area contributed by atoms with Crippen LogP contribution in [0.1, 0.15) is 46.5 Å². The second-order valence-electron chi connectivity index (χ2n) is 6.55. The van der Waals surface area contributed by atoms with E-state index in [2.05, 4.69) is 22.5 Å². The average Bonchev–Trinajstić information content (AvgIpc) is 2.71. The minimum absolute atomic E-state index is 0.135. The highest BCUT2D eigenvalue weighted by Crippen LogP contribution is 2.46. The summed E-state index contributed by atoms with van der Waals surface area (Å²) in [5, 5.41) is 0. The summed E-state index contributed by atoms with van der Waals surface area (Å²) in [7, 11) is 0. The molecule has 1 heterocycles. The van der Waals surface area contributed by atoms with Gasteiger partial charge in [0, 0.05) is 6.54 Å². The molecule has 114 valence electrons. The molecule has 0 atom stereocenters. The van der Waals surface area contributed by atoms with Gasteiger partial charge in [0.25, 0.3) is 0 Å². The number of ether oxygens (including phenoxy) is 1. The molecule has 4 heteroatoms. The quantitative estimate of drug-likeness (QED) is 0.904. The number of nitrogens with zero attached hydrogens (tertiary/aromatic N) is 2. The van der Waals surface area contributed by atoms with E-state index in [1.165, 1.54) is 25.7 Å². The van der Waals surface area contributed by atoms with Gasteiger partial charge in [-0.15, -0.1) is 0 Å². The van der Waals surface area contributed by atoms with Gasteiger partial charge in [0.1, 0.15) is 11.3 Å². The summed E-state index contributed by atoms with van der Waals surface area (Å²) in [5.41, 5.74) is 8.58. The Balaban J connectivity index is 2.01. The van der Waals surface area contributed by atoms with E-state index in [1.54, 1.807) is 0 Å². The van der Waals surface area contributed by atoms with Gasteiger partial charge >= 0.3 is 0 Å². The van der Waals surface area contributed by atoms with Crippen molar-refractivity contribution < 1.29 is 4.74 Å². The number of nitrogens with two attached hydrogens (primary N) is 1. The molecule has 2 N–H and O–H groups in total. The standard InChI is InChI=1S/C17H25N3O/c1-4-17(9-6-10-17)11-20-13-7-5-8-14(21-12(2)3)15(13)19-16(20)18/h5,7-8,12H,4,6,9-11H2,1-3H3,(H2,18,19). The molecule has 1 aromatic heterocycles. The molecule has 0 spiro atoms. The molecular formula is C17H25N3O. The number of fused-ring (bicyclic) bond motifs is 1. The number of rotatable bonds is 5. The first-order valence-corrected chi connectivity index (χ1v) is 7.96. The number of hydrogen-bond donors (Lipinski definition) is 1. The fourth-order valence-corrected chi connectivity index (χ4v) is 3.29. The van der Waals surface area contributed by atoms with Gasteiger partial charge < -0.3 is 15.0 Å². The van der Waals surface area contributed by atoms with E-state index in [4.69, 9.17) is 10.5 Å². The van der Waals surface area contributed by atoms with E-state index in [-0.39, 0.29) is 6.10 Å². The highest BCUT2D eigenvalue weighted by Gasteiger charge is 2.36. The monoisotopic (exact) mass is 287 g/mol. The van der Waals surface area contributed by atoms with E-state index in [0.29, 0.717) is 11.4 Å². The molecule has 1 aliphatic rings. The minimum atomic E-state index is 0.135. The van der Waals surface area contributed by atoms with Crippen molar-refractivity contribution in [2.45, 2.75) is 59.1 Å². The van der Waals surface area contributed by atoms with Gasteiger partial charge in [-0.1, -0.05) is 19.4 Å². The van der Waals surface area contributed by atoms with Crippen LogP contribution in [-0.4, -0.2) is 15.7 Å². The fraction of sp³-hybridized carbons (Fsp3) is 0.588. The maximum Gasteiger partial charge on any atom is 0.201 e. The predicted octanol–water partition coefficient (Wildman–Crippen LogP) is 3.99.